The van der Waals surface area contributed by atoms with E-state index in [2.05, 4.69) is 5.32 Å². The Labute approximate surface area is 152 Å². The molecule has 3 atom stereocenters. The van der Waals surface area contributed by atoms with Crippen molar-refractivity contribution in [2.75, 3.05) is 19.6 Å². The van der Waals surface area contributed by atoms with Crippen molar-refractivity contribution in [3.05, 3.63) is 35.6 Å². The number of aliphatic hydroxyl groups excluding tert-OH is 1. The zero-order chi connectivity index (χ0) is 18.7. The summed E-state index contributed by atoms with van der Waals surface area (Å²) in [5.41, 5.74) is 0.701. The summed E-state index contributed by atoms with van der Waals surface area (Å²) in [6.07, 6.45) is 1.79. The number of carboxylic acid groups (broad SMARTS) is 1. The summed E-state index contributed by atoms with van der Waals surface area (Å²) in [5.74, 6) is -1.26. The largest absolute Gasteiger partial charge is 0.480 e. The third kappa shape index (κ3) is 4.22. The minimum atomic E-state index is -0.869. The molecule has 2 heterocycles. The van der Waals surface area contributed by atoms with Gasteiger partial charge in [-0.1, -0.05) is 12.1 Å². The lowest BCUT2D eigenvalue weighted by Gasteiger charge is -2.37. The van der Waals surface area contributed by atoms with Gasteiger partial charge in [-0.3, -0.25) is 9.59 Å². The lowest BCUT2D eigenvalue weighted by molar-refractivity contribution is -0.143. The van der Waals surface area contributed by atoms with Gasteiger partial charge in [-0.2, -0.15) is 0 Å². The Kier molecular flexibility index (Phi) is 5.88. The fourth-order valence-corrected chi connectivity index (χ4v) is 3.90. The van der Waals surface area contributed by atoms with Gasteiger partial charge in [-0.25, -0.2) is 4.39 Å². The fourth-order valence-electron chi connectivity index (χ4n) is 3.90. The van der Waals surface area contributed by atoms with E-state index in [-0.39, 0.29) is 23.6 Å². The minimum Gasteiger partial charge on any atom is -0.480 e. The van der Waals surface area contributed by atoms with Crippen molar-refractivity contribution in [3.8, 4) is 0 Å². The van der Waals surface area contributed by atoms with Crippen LogP contribution in [0.1, 0.15) is 37.4 Å². The van der Waals surface area contributed by atoms with Crippen LogP contribution in [0.15, 0.2) is 24.3 Å². The molecule has 142 valence electrons. The Morgan fingerprint density at radius 3 is 2.31 bits per heavy atom. The number of aliphatic hydroxyl groups is 1. The molecule has 6 nitrogen and oxygen atoms in total. The first-order valence-corrected chi connectivity index (χ1v) is 9.14. The molecule has 26 heavy (non-hydrogen) atoms. The van der Waals surface area contributed by atoms with E-state index in [1.54, 1.807) is 12.1 Å². The number of carbonyl (C=O) groups excluding carboxylic acids is 1. The van der Waals surface area contributed by atoms with Crippen molar-refractivity contribution in [2.45, 2.75) is 37.8 Å². The van der Waals surface area contributed by atoms with Crippen LogP contribution in [0.4, 0.5) is 4.39 Å². The Hall–Kier alpha value is -1.99. The minimum absolute atomic E-state index is 0.0467. The molecule has 1 amide bonds. The molecule has 2 saturated heterocycles. The predicted molar refractivity (Wildman–Crippen MR) is 92.8 cm³/mol. The summed E-state index contributed by atoms with van der Waals surface area (Å²) >= 11 is 0. The first-order valence-electron chi connectivity index (χ1n) is 9.14. The molecule has 0 aliphatic carbocycles. The van der Waals surface area contributed by atoms with E-state index in [9.17, 15) is 19.1 Å². The summed E-state index contributed by atoms with van der Waals surface area (Å²) in [5, 5.41) is 22.4. The highest BCUT2D eigenvalue weighted by Crippen LogP contribution is 2.31. The second-order valence-corrected chi connectivity index (χ2v) is 7.23. The third-order valence-corrected chi connectivity index (χ3v) is 5.57. The van der Waals surface area contributed by atoms with Crippen molar-refractivity contribution >= 4 is 11.9 Å². The van der Waals surface area contributed by atoms with Gasteiger partial charge in [0.15, 0.2) is 0 Å². The number of nitrogens with one attached hydrogen (secondary N) is 1. The Balaban J connectivity index is 1.49. The summed E-state index contributed by atoms with van der Waals surface area (Å²) in [7, 11) is 0. The average Bonchev–Trinajstić information content (AvgIpc) is 2.67. The first kappa shape index (κ1) is 18.8. The smallest absolute Gasteiger partial charge is 0.320 e. The number of likely N-dealkylation sites (tertiary alicyclic amines) is 1. The van der Waals surface area contributed by atoms with Crippen LogP contribution in [-0.4, -0.2) is 52.7 Å². The maximum atomic E-state index is 13.0. The first-order chi connectivity index (χ1) is 12.5. The van der Waals surface area contributed by atoms with Crippen LogP contribution in [0, 0.1) is 17.7 Å². The number of nitrogens with zero attached hydrogens (tertiary/aromatic N) is 1. The Morgan fingerprint density at radius 2 is 1.77 bits per heavy atom. The van der Waals surface area contributed by atoms with Gasteiger partial charge < -0.3 is 20.4 Å². The van der Waals surface area contributed by atoms with E-state index in [1.165, 1.54) is 12.1 Å². The maximum absolute atomic E-state index is 13.0. The highest BCUT2D eigenvalue weighted by Gasteiger charge is 2.34. The molecule has 1 aromatic carbocycles. The lowest BCUT2D eigenvalue weighted by Crippen LogP contribution is -2.50. The van der Waals surface area contributed by atoms with E-state index < -0.39 is 18.1 Å². The van der Waals surface area contributed by atoms with E-state index >= 15 is 0 Å². The van der Waals surface area contributed by atoms with Gasteiger partial charge in [-0.05, 0) is 49.3 Å². The molecule has 0 saturated carbocycles. The van der Waals surface area contributed by atoms with E-state index in [0.29, 0.717) is 50.9 Å². The second-order valence-electron chi connectivity index (χ2n) is 7.23. The molecule has 0 radical (unpaired) electrons. The molecule has 0 aromatic heterocycles. The number of piperidine rings is 2. The summed E-state index contributed by atoms with van der Waals surface area (Å²) in [6, 6.07) is 5.33. The predicted octanol–water partition coefficient (Wildman–Crippen LogP) is 1.55. The number of benzene rings is 1. The number of halogens is 1. The standard InChI is InChI=1S/C19H25FN2O4/c20-15-4-1-12(2-5-15)17(23)13-7-9-22(10-8-13)18(24)14-3-6-16(19(25)26)21-11-14/h1-2,4-5,13-14,16-17,21,23H,3,6-11H2,(H,25,26). The van der Waals surface area contributed by atoms with Crippen molar-refractivity contribution in [2.24, 2.45) is 11.8 Å². The number of hydrogen-bond acceptors (Lipinski definition) is 4. The number of hydrogen-bond donors (Lipinski definition) is 3. The van der Waals surface area contributed by atoms with Crippen molar-refractivity contribution in [1.82, 2.24) is 10.2 Å². The molecule has 1 aromatic rings. The molecule has 3 N–H and O–H groups in total. The van der Waals surface area contributed by atoms with Crippen molar-refractivity contribution in [3.63, 3.8) is 0 Å². The van der Waals surface area contributed by atoms with Gasteiger partial charge in [0.05, 0.1) is 12.0 Å². The van der Waals surface area contributed by atoms with E-state index in [1.807, 2.05) is 4.90 Å². The average molecular weight is 364 g/mol. The molecule has 0 bridgehead atoms. The number of amides is 1. The fraction of sp³-hybridized carbons (Fsp3) is 0.579. The van der Waals surface area contributed by atoms with Gasteiger partial charge in [0.25, 0.3) is 0 Å². The van der Waals surface area contributed by atoms with Gasteiger partial charge in [0, 0.05) is 19.6 Å². The van der Waals surface area contributed by atoms with Crippen LogP contribution in [0.25, 0.3) is 0 Å². The van der Waals surface area contributed by atoms with Crippen molar-refractivity contribution < 1.29 is 24.2 Å². The monoisotopic (exact) mass is 364 g/mol. The van der Waals surface area contributed by atoms with Gasteiger partial charge in [-0.15, -0.1) is 0 Å². The third-order valence-electron chi connectivity index (χ3n) is 5.57. The normalized spacial score (nSPS) is 25.7. The molecule has 2 aliphatic rings. The van der Waals surface area contributed by atoms with E-state index in [0.717, 1.165) is 0 Å². The number of carboxylic acids is 1. The highest BCUT2D eigenvalue weighted by molar-refractivity contribution is 5.80. The summed E-state index contributed by atoms with van der Waals surface area (Å²) in [4.78, 5) is 25.4. The highest BCUT2D eigenvalue weighted by atomic mass is 19.1. The summed E-state index contributed by atoms with van der Waals surface area (Å²) in [6.45, 7) is 1.56. The molecule has 7 heteroatoms. The molecular weight excluding hydrogens is 339 g/mol. The zero-order valence-corrected chi connectivity index (χ0v) is 14.6. The van der Waals surface area contributed by atoms with Gasteiger partial charge in [0.1, 0.15) is 11.9 Å². The van der Waals surface area contributed by atoms with Crippen molar-refractivity contribution in [1.29, 1.82) is 0 Å². The van der Waals surface area contributed by atoms with Gasteiger partial charge in [0.2, 0.25) is 5.91 Å². The van der Waals surface area contributed by atoms with Crippen LogP contribution in [0.2, 0.25) is 0 Å². The SMILES string of the molecule is O=C(O)C1CCC(C(=O)N2CCC(C(O)c3ccc(F)cc3)CC2)CN1. The van der Waals surface area contributed by atoms with Crippen LogP contribution < -0.4 is 5.32 Å². The van der Waals surface area contributed by atoms with Gasteiger partial charge >= 0.3 is 5.97 Å². The lowest BCUT2D eigenvalue weighted by atomic mass is 9.86. The molecule has 3 unspecified atom stereocenters. The zero-order valence-electron chi connectivity index (χ0n) is 14.6. The number of rotatable bonds is 4. The topological polar surface area (TPSA) is 89.9 Å². The Morgan fingerprint density at radius 1 is 1.12 bits per heavy atom. The number of aliphatic carboxylic acids is 1. The summed E-state index contributed by atoms with van der Waals surface area (Å²) < 4.78 is 13.0. The molecule has 0 spiro atoms. The molecular formula is C19H25FN2O4. The Bertz CT molecular complexity index is 635. The van der Waals surface area contributed by atoms with E-state index in [4.69, 9.17) is 5.11 Å². The quantitative estimate of drug-likeness (QED) is 0.754. The van der Waals surface area contributed by atoms with Crippen LogP contribution in [-0.2, 0) is 9.59 Å². The molecule has 2 fully saturated rings. The van der Waals surface area contributed by atoms with Crippen LogP contribution >= 0.6 is 0 Å². The van der Waals surface area contributed by atoms with Crippen LogP contribution in [0.5, 0.6) is 0 Å². The van der Waals surface area contributed by atoms with Crippen LogP contribution in [0.3, 0.4) is 0 Å². The number of carbonyl (C=O) groups is 2. The molecule has 3 rings (SSSR count). The second kappa shape index (κ2) is 8.14. The molecule has 2 aliphatic heterocycles. The maximum Gasteiger partial charge on any atom is 0.320 e.